The van der Waals surface area contributed by atoms with Gasteiger partial charge in [0.25, 0.3) is 5.91 Å². The van der Waals surface area contributed by atoms with Crippen LogP contribution in [0.15, 0.2) is 36.4 Å². The Morgan fingerprint density at radius 3 is 2.09 bits per heavy atom. The van der Waals surface area contributed by atoms with Crippen LogP contribution >= 0.6 is 12.4 Å². The molecule has 1 aliphatic heterocycles. The fraction of sp³-hybridized carbons (Fsp3) is 0.409. The first-order valence-corrected chi connectivity index (χ1v) is 9.82. The molecule has 1 N–H and O–H groups in total. The Morgan fingerprint density at radius 2 is 1.58 bits per heavy atom. The van der Waals surface area contributed by atoms with Crippen molar-refractivity contribution in [2.45, 2.75) is 37.7 Å². The number of alkyl halides is 6. The van der Waals surface area contributed by atoms with Crippen molar-refractivity contribution in [2.75, 3.05) is 20.1 Å². The summed E-state index contributed by atoms with van der Waals surface area (Å²) in [5.74, 6) is -1.79. The molecule has 1 saturated heterocycles. The van der Waals surface area contributed by atoms with Crippen LogP contribution in [0.5, 0.6) is 0 Å². The Morgan fingerprint density at radius 1 is 1.00 bits per heavy atom. The third kappa shape index (κ3) is 5.97. The predicted molar refractivity (Wildman–Crippen MR) is 111 cm³/mol. The quantitative estimate of drug-likeness (QED) is 0.542. The molecule has 0 aromatic heterocycles. The van der Waals surface area contributed by atoms with E-state index in [4.69, 9.17) is 0 Å². The number of piperidine rings is 1. The zero-order valence-corrected chi connectivity index (χ0v) is 18.5. The molecule has 0 radical (unpaired) electrons. The number of nitrogens with one attached hydrogen (secondary N) is 1. The standard InChI is InChI=1S/C22H21F7N2O.ClH/c1-12-3-4-13(9-18(12)23)17-11-30-6-5-19(17)31(2)20(32)14-7-15(21(24,25)26)10-16(8-14)22(27,28)29;/h3-4,7-10,17,19,30H,5-6,11H2,1-2H3;1H/t17-,19+;/m0./s1. The van der Waals surface area contributed by atoms with Gasteiger partial charge in [-0.2, -0.15) is 26.3 Å². The lowest BCUT2D eigenvalue weighted by atomic mass is 9.85. The number of amides is 1. The molecule has 0 spiro atoms. The van der Waals surface area contributed by atoms with Crippen molar-refractivity contribution in [3.63, 3.8) is 0 Å². The second-order valence-corrected chi connectivity index (χ2v) is 7.89. The monoisotopic (exact) mass is 498 g/mol. The van der Waals surface area contributed by atoms with Crippen molar-refractivity contribution in [2.24, 2.45) is 0 Å². The maximum atomic E-state index is 14.1. The first-order valence-electron chi connectivity index (χ1n) is 9.82. The van der Waals surface area contributed by atoms with E-state index in [2.05, 4.69) is 5.32 Å². The van der Waals surface area contributed by atoms with Crippen LogP contribution in [-0.2, 0) is 12.4 Å². The number of carbonyl (C=O) groups is 1. The smallest absolute Gasteiger partial charge is 0.338 e. The zero-order valence-electron chi connectivity index (χ0n) is 17.6. The Bertz CT molecular complexity index is 975. The maximum absolute atomic E-state index is 14.1. The van der Waals surface area contributed by atoms with E-state index in [1.807, 2.05) is 0 Å². The molecule has 2 aromatic rings. The van der Waals surface area contributed by atoms with Gasteiger partial charge in [0, 0.05) is 31.1 Å². The zero-order chi connectivity index (χ0) is 23.8. The second kappa shape index (κ2) is 9.89. The molecule has 0 unspecified atom stereocenters. The van der Waals surface area contributed by atoms with Gasteiger partial charge in [-0.3, -0.25) is 4.79 Å². The minimum absolute atomic E-state index is 0. The Labute approximate surface area is 192 Å². The number of benzene rings is 2. The van der Waals surface area contributed by atoms with Gasteiger partial charge in [-0.15, -0.1) is 12.4 Å². The average molecular weight is 499 g/mol. The molecule has 3 rings (SSSR count). The van der Waals surface area contributed by atoms with Gasteiger partial charge in [0.2, 0.25) is 0 Å². The van der Waals surface area contributed by atoms with E-state index < -0.39 is 46.8 Å². The molecule has 1 aliphatic rings. The van der Waals surface area contributed by atoms with Gasteiger partial charge < -0.3 is 10.2 Å². The summed E-state index contributed by atoms with van der Waals surface area (Å²) in [6.45, 7) is 2.46. The highest BCUT2D eigenvalue weighted by molar-refractivity contribution is 5.95. The summed E-state index contributed by atoms with van der Waals surface area (Å²) in [7, 11) is 1.34. The van der Waals surface area contributed by atoms with E-state index in [9.17, 15) is 35.5 Å². The van der Waals surface area contributed by atoms with Crippen molar-refractivity contribution >= 4 is 18.3 Å². The van der Waals surface area contributed by atoms with Gasteiger partial charge >= 0.3 is 12.4 Å². The average Bonchev–Trinajstić information content (AvgIpc) is 2.73. The van der Waals surface area contributed by atoms with Crippen molar-refractivity contribution in [1.82, 2.24) is 10.2 Å². The molecule has 33 heavy (non-hydrogen) atoms. The van der Waals surface area contributed by atoms with Crippen LogP contribution in [0.25, 0.3) is 0 Å². The lowest BCUT2D eigenvalue weighted by Crippen LogP contribution is -2.49. The molecule has 1 fully saturated rings. The van der Waals surface area contributed by atoms with Gasteiger partial charge in [0.05, 0.1) is 11.1 Å². The SMILES string of the molecule is Cc1ccc([C@@H]2CNCC[C@H]2N(C)C(=O)c2cc(C(F)(F)F)cc(C(F)(F)F)c2)cc1F.Cl. The normalized spacial score (nSPS) is 19.1. The topological polar surface area (TPSA) is 32.3 Å². The van der Waals surface area contributed by atoms with Gasteiger partial charge in [-0.25, -0.2) is 4.39 Å². The highest BCUT2D eigenvalue weighted by Gasteiger charge is 2.39. The number of hydrogen-bond acceptors (Lipinski definition) is 2. The number of likely N-dealkylation sites (N-methyl/N-ethyl adjacent to an activating group) is 1. The molecule has 2 aromatic carbocycles. The fourth-order valence-electron chi connectivity index (χ4n) is 3.92. The largest absolute Gasteiger partial charge is 0.416 e. The number of hydrogen-bond donors (Lipinski definition) is 1. The maximum Gasteiger partial charge on any atom is 0.416 e. The Hall–Kier alpha value is -2.33. The van der Waals surface area contributed by atoms with E-state index >= 15 is 0 Å². The molecular formula is C22H22ClF7N2O. The molecule has 0 saturated carbocycles. The molecule has 1 heterocycles. The molecule has 0 bridgehead atoms. The van der Waals surface area contributed by atoms with Crippen molar-refractivity contribution in [3.8, 4) is 0 Å². The van der Waals surface area contributed by atoms with E-state index in [0.29, 0.717) is 42.8 Å². The van der Waals surface area contributed by atoms with E-state index in [0.717, 1.165) is 4.90 Å². The first kappa shape index (κ1) is 26.9. The van der Waals surface area contributed by atoms with Gasteiger partial charge in [0.15, 0.2) is 0 Å². The molecular weight excluding hydrogens is 477 g/mol. The number of nitrogens with zero attached hydrogens (tertiary/aromatic N) is 1. The van der Waals surface area contributed by atoms with Crippen LogP contribution < -0.4 is 5.32 Å². The van der Waals surface area contributed by atoms with Crippen LogP contribution in [0.1, 0.15) is 45.0 Å². The van der Waals surface area contributed by atoms with Crippen molar-refractivity contribution in [3.05, 3.63) is 70.0 Å². The van der Waals surface area contributed by atoms with Crippen LogP contribution in [0.2, 0.25) is 0 Å². The number of rotatable bonds is 3. The highest BCUT2D eigenvalue weighted by atomic mass is 35.5. The minimum Gasteiger partial charge on any atom is -0.338 e. The summed E-state index contributed by atoms with van der Waals surface area (Å²) < 4.78 is 93.1. The highest BCUT2D eigenvalue weighted by Crippen LogP contribution is 2.37. The lowest BCUT2D eigenvalue weighted by molar-refractivity contribution is -0.143. The summed E-state index contributed by atoms with van der Waals surface area (Å²) in [6.07, 6.45) is -9.70. The number of carbonyl (C=O) groups excluding carboxylic acids is 1. The Kier molecular flexibility index (Phi) is 8.06. The third-order valence-electron chi connectivity index (χ3n) is 5.72. The summed E-state index contributed by atoms with van der Waals surface area (Å²) in [6, 6.07) is 4.91. The van der Waals surface area contributed by atoms with Crippen LogP contribution in [0.4, 0.5) is 30.7 Å². The summed E-state index contributed by atoms with van der Waals surface area (Å²) in [4.78, 5) is 14.1. The summed E-state index contributed by atoms with van der Waals surface area (Å²) in [5.41, 5.74) is -2.78. The number of aryl methyl sites for hydroxylation is 1. The minimum atomic E-state index is -5.05. The van der Waals surface area contributed by atoms with Gasteiger partial charge in [0.1, 0.15) is 5.82 Å². The first-order chi connectivity index (χ1) is 14.8. The van der Waals surface area contributed by atoms with Gasteiger partial charge in [-0.05, 0) is 55.3 Å². The van der Waals surface area contributed by atoms with Crippen LogP contribution in [0, 0.1) is 12.7 Å². The van der Waals surface area contributed by atoms with E-state index in [1.165, 1.54) is 13.1 Å². The molecule has 0 aliphatic carbocycles. The van der Waals surface area contributed by atoms with E-state index in [1.54, 1.807) is 19.1 Å². The summed E-state index contributed by atoms with van der Waals surface area (Å²) >= 11 is 0. The fourth-order valence-corrected chi connectivity index (χ4v) is 3.92. The van der Waals surface area contributed by atoms with Crippen molar-refractivity contribution in [1.29, 1.82) is 0 Å². The molecule has 1 amide bonds. The third-order valence-corrected chi connectivity index (χ3v) is 5.72. The van der Waals surface area contributed by atoms with E-state index in [-0.39, 0.29) is 24.4 Å². The van der Waals surface area contributed by atoms with Crippen molar-refractivity contribution < 1.29 is 35.5 Å². The lowest BCUT2D eigenvalue weighted by Gasteiger charge is -2.39. The summed E-state index contributed by atoms with van der Waals surface area (Å²) in [5, 5.41) is 3.13. The molecule has 182 valence electrons. The molecule has 3 nitrogen and oxygen atoms in total. The van der Waals surface area contributed by atoms with Gasteiger partial charge in [-0.1, -0.05) is 12.1 Å². The molecule has 11 heteroatoms. The predicted octanol–water partition coefficient (Wildman–Crippen LogP) is 5.81. The second-order valence-electron chi connectivity index (χ2n) is 7.89. The van der Waals surface area contributed by atoms with Crippen LogP contribution in [-0.4, -0.2) is 37.0 Å². The Balaban J connectivity index is 0.00000385. The van der Waals surface area contributed by atoms with Crippen LogP contribution in [0.3, 0.4) is 0 Å². The number of halogens is 8. The molecule has 2 atom stereocenters.